The molecule has 4 unspecified atom stereocenters. The van der Waals surface area contributed by atoms with Crippen LogP contribution in [0.5, 0.6) is 0 Å². The molecule has 624 valence electrons. The zero-order valence-electron chi connectivity index (χ0n) is 69.4. The van der Waals surface area contributed by atoms with Gasteiger partial charge in [-0.15, -0.1) is 0 Å². The van der Waals surface area contributed by atoms with E-state index >= 15 is 0 Å². The second kappa shape index (κ2) is 74.8. The number of unbranched alkanes of at least 4 members (excludes halogenated alkanes) is 47. The molecule has 0 spiro atoms. The van der Waals surface area contributed by atoms with Crippen LogP contribution in [0, 0.1) is 23.7 Å². The molecule has 17 nitrogen and oxygen atoms in total. The van der Waals surface area contributed by atoms with Crippen molar-refractivity contribution in [2.75, 3.05) is 39.6 Å². The number of ether oxygens (including phenoxy) is 4. The highest BCUT2D eigenvalue weighted by atomic mass is 31.2. The Kier molecular flexibility index (Phi) is 73.4. The molecule has 19 heteroatoms. The van der Waals surface area contributed by atoms with Gasteiger partial charge in [0.05, 0.1) is 26.4 Å². The van der Waals surface area contributed by atoms with Crippen LogP contribution in [-0.4, -0.2) is 96.7 Å². The van der Waals surface area contributed by atoms with Gasteiger partial charge in [-0.2, -0.15) is 0 Å². The molecule has 0 fully saturated rings. The number of esters is 4. The number of rotatable bonds is 83. The summed E-state index contributed by atoms with van der Waals surface area (Å²) in [7, 11) is -9.93. The molecular weight excluding hydrogens is 1370 g/mol. The van der Waals surface area contributed by atoms with Crippen LogP contribution in [0.4, 0.5) is 0 Å². The molecule has 0 heterocycles. The molecule has 3 N–H and O–H groups in total. The molecule has 0 amide bonds. The normalized spacial score (nSPS) is 14.4. The molecule has 0 radical (unpaired) electrons. The average Bonchev–Trinajstić information content (AvgIpc) is 0.928. The lowest BCUT2D eigenvalue weighted by Crippen LogP contribution is -2.30. The molecule has 0 rings (SSSR count). The molecule has 0 aromatic heterocycles. The van der Waals surface area contributed by atoms with Crippen LogP contribution in [0.25, 0.3) is 0 Å². The maximum Gasteiger partial charge on any atom is 0.472 e. The largest absolute Gasteiger partial charge is 0.472 e. The maximum atomic E-state index is 13.1. The number of hydrogen-bond donors (Lipinski definition) is 3. The van der Waals surface area contributed by atoms with Crippen LogP contribution in [0.2, 0.25) is 0 Å². The standard InChI is InChI=1S/C86H168O17P2/c1-9-78(7)64-56-48-39-33-27-23-19-15-11-13-17-21-25-29-35-42-52-60-68-85(90)102-81(72-96-83(88)66-58-50-41-37-31-32-38-46-54-62-76(3)4)74-100-104(92,93)98-70-80(87)71-99-105(94,95)101-75-82(73-97-84(89)67-59-51-45-44-47-55-63-77(5)6)103-86(91)69-61-53-43-36-30-26-22-18-14-12-16-20-24-28-34-40-49-57-65-79(8)10-2/h76-82,87H,9-75H2,1-8H3,(H,92,93)(H,94,95)/t78?,79?,80-,81-,82-/m1/s1. The highest BCUT2D eigenvalue weighted by molar-refractivity contribution is 7.47. The van der Waals surface area contributed by atoms with Gasteiger partial charge in [0.1, 0.15) is 19.3 Å². The van der Waals surface area contributed by atoms with E-state index in [1.54, 1.807) is 0 Å². The lowest BCUT2D eigenvalue weighted by molar-refractivity contribution is -0.161. The second-order valence-corrected chi connectivity index (χ2v) is 35.3. The first-order chi connectivity index (χ1) is 50.7. The van der Waals surface area contributed by atoms with Crippen molar-refractivity contribution in [3.63, 3.8) is 0 Å². The van der Waals surface area contributed by atoms with Crippen molar-refractivity contribution in [3.05, 3.63) is 0 Å². The summed E-state index contributed by atoms with van der Waals surface area (Å²) in [5, 5.41) is 10.7. The molecule has 0 aromatic rings. The van der Waals surface area contributed by atoms with Gasteiger partial charge in [0.25, 0.3) is 0 Å². The van der Waals surface area contributed by atoms with E-state index in [0.29, 0.717) is 31.6 Å². The van der Waals surface area contributed by atoms with Gasteiger partial charge in [0.15, 0.2) is 12.2 Å². The molecule has 0 aliphatic carbocycles. The summed E-state index contributed by atoms with van der Waals surface area (Å²) in [6, 6.07) is 0. The minimum Gasteiger partial charge on any atom is -0.462 e. The Balaban J connectivity index is 5.14. The summed E-state index contributed by atoms with van der Waals surface area (Å²) < 4.78 is 68.8. The molecule has 0 aliphatic heterocycles. The Labute approximate surface area is 645 Å². The molecule has 0 saturated heterocycles. The van der Waals surface area contributed by atoms with Crippen molar-refractivity contribution >= 4 is 39.5 Å². The quantitative estimate of drug-likeness (QED) is 0.0222. The van der Waals surface area contributed by atoms with E-state index in [0.717, 1.165) is 114 Å². The highest BCUT2D eigenvalue weighted by Crippen LogP contribution is 2.45. The van der Waals surface area contributed by atoms with Crippen molar-refractivity contribution in [2.24, 2.45) is 23.7 Å². The molecule has 0 aliphatic rings. The van der Waals surface area contributed by atoms with Gasteiger partial charge < -0.3 is 33.8 Å². The van der Waals surface area contributed by atoms with Crippen molar-refractivity contribution in [1.82, 2.24) is 0 Å². The number of carbonyl (C=O) groups is 4. The molecule has 0 aromatic carbocycles. The third-order valence-corrected chi connectivity index (χ3v) is 22.7. The third-order valence-electron chi connectivity index (χ3n) is 20.8. The maximum absolute atomic E-state index is 13.1. The van der Waals surface area contributed by atoms with Crippen LogP contribution in [-0.2, 0) is 65.4 Å². The van der Waals surface area contributed by atoms with E-state index in [9.17, 15) is 43.2 Å². The Hall–Kier alpha value is -1.94. The van der Waals surface area contributed by atoms with Gasteiger partial charge >= 0.3 is 39.5 Å². The van der Waals surface area contributed by atoms with Gasteiger partial charge in [0.2, 0.25) is 0 Å². The number of phosphoric acid groups is 2. The van der Waals surface area contributed by atoms with E-state index in [1.165, 1.54) is 244 Å². The lowest BCUT2D eigenvalue weighted by Gasteiger charge is -2.21. The molecule has 7 atom stereocenters. The summed E-state index contributed by atoms with van der Waals surface area (Å²) in [6.07, 6.45) is 64.1. The van der Waals surface area contributed by atoms with E-state index in [2.05, 4.69) is 55.4 Å². The minimum absolute atomic E-state index is 0.107. The van der Waals surface area contributed by atoms with Gasteiger partial charge in [-0.3, -0.25) is 37.3 Å². The van der Waals surface area contributed by atoms with Crippen molar-refractivity contribution in [3.8, 4) is 0 Å². The Morgan fingerprint density at radius 2 is 0.457 bits per heavy atom. The zero-order chi connectivity index (χ0) is 77.4. The monoisotopic (exact) mass is 1540 g/mol. The Bertz CT molecular complexity index is 2050. The number of aliphatic hydroxyl groups is 1. The number of aliphatic hydroxyl groups excluding tert-OH is 1. The van der Waals surface area contributed by atoms with E-state index in [-0.39, 0.29) is 25.7 Å². The third kappa shape index (κ3) is 77.2. The number of phosphoric ester groups is 2. The molecule has 0 saturated carbocycles. The first kappa shape index (κ1) is 103. The summed E-state index contributed by atoms with van der Waals surface area (Å²) in [5.41, 5.74) is 0. The van der Waals surface area contributed by atoms with Crippen LogP contribution in [0.1, 0.15) is 447 Å². The van der Waals surface area contributed by atoms with Crippen molar-refractivity contribution in [2.45, 2.75) is 465 Å². The van der Waals surface area contributed by atoms with Gasteiger partial charge in [0, 0.05) is 25.7 Å². The fourth-order valence-electron chi connectivity index (χ4n) is 13.3. The molecular formula is C86H168O17P2. The summed E-state index contributed by atoms with van der Waals surface area (Å²) in [6.45, 7) is 14.3. The van der Waals surface area contributed by atoms with Crippen molar-refractivity contribution in [1.29, 1.82) is 0 Å². The van der Waals surface area contributed by atoms with Crippen molar-refractivity contribution < 1.29 is 80.2 Å². The first-order valence-electron chi connectivity index (χ1n) is 44.3. The zero-order valence-corrected chi connectivity index (χ0v) is 71.2. The summed E-state index contributed by atoms with van der Waals surface area (Å²) >= 11 is 0. The lowest BCUT2D eigenvalue weighted by atomic mass is 9.99. The van der Waals surface area contributed by atoms with E-state index in [4.69, 9.17) is 37.0 Å². The second-order valence-electron chi connectivity index (χ2n) is 32.4. The number of hydrogen-bond acceptors (Lipinski definition) is 15. The van der Waals surface area contributed by atoms with Crippen LogP contribution in [0.3, 0.4) is 0 Å². The Morgan fingerprint density at radius 3 is 0.676 bits per heavy atom. The minimum atomic E-state index is -4.96. The van der Waals surface area contributed by atoms with E-state index in [1.807, 2.05) is 0 Å². The summed E-state index contributed by atoms with van der Waals surface area (Å²) in [4.78, 5) is 73.1. The summed E-state index contributed by atoms with van der Waals surface area (Å²) in [5.74, 6) is 1.05. The van der Waals surface area contributed by atoms with Crippen LogP contribution >= 0.6 is 15.6 Å². The number of carbonyl (C=O) groups excluding carboxylic acids is 4. The smallest absolute Gasteiger partial charge is 0.462 e. The topological polar surface area (TPSA) is 237 Å². The SMILES string of the molecule is CCC(C)CCCCCCCCCCCCCCCCCCCCC(=O)O[C@H](COC(=O)CCCCCCCCCCCC(C)C)COP(=O)(O)OC[C@@H](O)COP(=O)(O)OC[C@@H](COC(=O)CCCCCCCCC(C)C)OC(=O)CCCCCCCCCCCCCCCCCCCCC(C)CC. The van der Waals surface area contributed by atoms with Gasteiger partial charge in [-0.05, 0) is 49.4 Å². The average molecular weight is 1540 g/mol. The Morgan fingerprint density at radius 1 is 0.267 bits per heavy atom. The first-order valence-corrected chi connectivity index (χ1v) is 47.3. The fraction of sp³-hybridized carbons (Fsp3) is 0.953. The van der Waals surface area contributed by atoms with Gasteiger partial charge in [-0.25, -0.2) is 9.13 Å². The predicted molar refractivity (Wildman–Crippen MR) is 432 cm³/mol. The predicted octanol–water partition coefficient (Wildman–Crippen LogP) is 25.9. The van der Waals surface area contributed by atoms with E-state index < -0.39 is 97.5 Å². The van der Waals surface area contributed by atoms with Crippen LogP contribution in [0.15, 0.2) is 0 Å². The molecule has 0 bridgehead atoms. The van der Waals surface area contributed by atoms with Gasteiger partial charge in [-0.1, -0.05) is 396 Å². The van der Waals surface area contributed by atoms with Crippen LogP contribution < -0.4 is 0 Å². The highest BCUT2D eigenvalue weighted by Gasteiger charge is 2.31. The fourth-order valence-corrected chi connectivity index (χ4v) is 14.8. The molecule has 105 heavy (non-hydrogen) atoms.